The monoisotopic (exact) mass is 373 g/mol. The standard InChI is InChI=1S/C18H19N3O6/c1-10(22)9-27-8-7-19-12-4-2-3-11-15(12)18(26)21(17(11)25)13-5-6-14(23)20-16(13)24/h2-4,13,19H,5-9H2,1H3,(H,20,23,24). The van der Waals surface area contributed by atoms with E-state index in [2.05, 4.69) is 10.6 Å². The molecule has 2 N–H and O–H groups in total. The van der Waals surface area contributed by atoms with Crippen LogP contribution in [0.3, 0.4) is 0 Å². The summed E-state index contributed by atoms with van der Waals surface area (Å²) in [5.74, 6) is -2.27. The number of benzene rings is 1. The second-order valence-corrected chi connectivity index (χ2v) is 6.36. The maximum atomic E-state index is 12.9. The number of imide groups is 2. The average Bonchev–Trinajstić information content (AvgIpc) is 2.87. The number of Topliss-reactive ketones (excluding diaryl/α,β-unsaturated/α-hetero) is 1. The average molecular weight is 373 g/mol. The zero-order chi connectivity index (χ0) is 19.6. The van der Waals surface area contributed by atoms with Crippen LogP contribution in [0.2, 0.25) is 0 Å². The summed E-state index contributed by atoms with van der Waals surface area (Å²) in [6.45, 7) is 2.02. The van der Waals surface area contributed by atoms with Gasteiger partial charge in [-0.25, -0.2) is 0 Å². The molecule has 1 aromatic carbocycles. The molecule has 9 nitrogen and oxygen atoms in total. The second-order valence-electron chi connectivity index (χ2n) is 6.36. The molecule has 0 radical (unpaired) electrons. The highest BCUT2D eigenvalue weighted by Gasteiger charge is 2.45. The Bertz CT molecular complexity index is 834. The van der Waals surface area contributed by atoms with Crippen molar-refractivity contribution in [3.05, 3.63) is 29.3 Å². The summed E-state index contributed by atoms with van der Waals surface area (Å²) in [6, 6.07) is 3.82. The minimum absolute atomic E-state index is 0.00921. The van der Waals surface area contributed by atoms with Crippen LogP contribution in [0.5, 0.6) is 0 Å². The van der Waals surface area contributed by atoms with E-state index >= 15 is 0 Å². The molecule has 2 aliphatic rings. The van der Waals surface area contributed by atoms with Gasteiger partial charge in [0.15, 0.2) is 5.78 Å². The van der Waals surface area contributed by atoms with Crippen LogP contribution in [-0.2, 0) is 19.1 Å². The number of carbonyl (C=O) groups is 5. The summed E-state index contributed by atoms with van der Waals surface area (Å²) in [6.07, 6.45) is 0.181. The number of anilines is 1. The van der Waals surface area contributed by atoms with Crippen LogP contribution in [0.25, 0.3) is 0 Å². The maximum absolute atomic E-state index is 12.9. The summed E-state index contributed by atoms with van der Waals surface area (Å²) < 4.78 is 5.17. The number of amides is 4. The predicted molar refractivity (Wildman–Crippen MR) is 93.1 cm³/mol. The minimum atomic E-state index is -0.998. The molecule has 0 saturated carbocycles. The fourth-order valence-corrected chi connectivity index (χ4v) is 3.14. The lowest BCUT2D eigenvalue weighted by Gasteiger charge is -2.27. The van der Waals surface area contributed by atoms with Gasteiger partial charge >= 0.3 is 0 Å². The van der Waals surface area contributed by atoms with Crippen molar-refractivity contribution in [2.75, 3.05) is 25.1 Å². The van der Waals surface area contributed by atoms with Gasteiger partial charge < -0.3 is 10.1 Å². The molecule has 0 spiro atoms. The highest BCUT2D eigenvalue weighted by Crippen LogP contribution is 2.32. The molecule has 27 heavy (non-hydrogen) atoms. The normalized spacial score (nSPS) is 19.1. The number of ketones is 1. The third-order valence-corrected chi connectivity index (χ3v) is 4.34. The largest absolute Gasteiger partial charge is 0.382 e. The quantitative estimate of drug-likeness (QED) is 0.514. The number of nitrogens with one attached hydrogen (secondary N) is 2. The van der Waals surface area contributed by atoms with Gasteiger partial charge in [-0.1, -0.05) is 6.07 Å². The SMILES string of the molecule is CC(=O)COCCNc1cccc2c1C(=O)N(C1CCC(=O)NC1=O)C2=O. The fraction of sp³-hybridized carbons (Fsp3) is 0.389. The van der Waals surface area contributed by atoms with Crippen molar-refractivity contribution in [1.82, 2.24) is 10.2 Å². The third kappa shape index (κ3) is 3.72. The second kappa shape index (κ2) is 7.67. The number of piperidine rings is 1. The smallest absolute Gasteiger partial charge is 0.264 e. The van der Waals surface area contributed by atoms with Gasteiger partial charge in [-0.05, 0) is 25.5 Å². The van der Waals surface area contributed by atoms with Crippen molar-refractivity contribution >= 4 is 35.1 Å². The van der Waals surface area contributed by atoms with Gasteiger partial charge in [0, 0.05) is 18.7 Å². The molecular weight excluding hydrogens is 354 g/mol. The first-order valence-corrected chi connectivity index (χ1v) is 8.55. The molecular formula is C18H19N3O6. The summed E-state index contributed by atoms with van der Waals surface area (Å²) in [5, 5.41) is 5.18. The van der Waals surface area contributed by atoms with Crippen molar-refractivity contribution in [2.45, 2.75) is 25.8 Å². The summed E-state index contributed by atoms with van der Waals surface area (Å²) in [5.41, 5.74) is 0.852. The van der Waals surface area contributed by atoms with Crippen LogP contribution >= 0.6 is 0 Å². The van der Waals surface area contributed by atoms with Gasteiger partial charge in [0.1, 0.15) is 12.6 Å². The Labute approximate surface area is 155 Å². The summed E-state index contributed by atoms with van der Waals surface area (Å²) in [4.78, 5) is 60.7. The number of hydrogen-bond acceptors (Lipinski definition) is 7. The maximum Gasteiger partial charge on any atom is 0.264 e. The Kier molecular flexibility index (Phi) is 5.31. The fourth-order valence-electron chi connectivity index (χ4n) is 3.14. The zero-order valence-corrected chi connectivity index (χ0v) is 14.7. The lowest BCUT2D eigenvalue weighted by atomic mass is 10.0. The van der Waals surface area contributed by atoms with Crippen LogP contribution < -0.4 is 10.6 Å². The van der Waals surface area contributed by atoms with Crippen LogP contribution in [0.4, 0.5) is 5.69 Å². The van der Waals surface area contributed by atoms with E-state index in [1.165, 1.54) is 13.0 Å². The van der Waals surface area contributed by atoms with Gasteiger partial charge in [-0.15, -0.1) is 0 Å². The van der Waals surface area contributed by atoms with Crippen molar-refractivity contribution in [2.24, 2.45) is 0 Å². The minimum Gasteiger partial charge on any atom is -0.382 e. The zero-order valence-electron chi connectivity index (χ0n) is 14.7. The third-order valence-electron chi connectivity index (χ3n) is 4.34. The molecule has 1 fully saturated rings. The lowest BCUT2D eigenvalue weighted by Crippen LogP contribution is -2.54. The van der Waals surface area contributed by atoms with E-state index < -0.39 is 29.7 Å². The van der Waals surface area contributed by atoms with Gasteiger partial charge in [-0.3, -0.25) is 34.2 Å². The number of fused-ring (bicyclic) bond motifs is 1. The van der Waals surface area contributed by atoms with E-state index in [9.17, 15) is 24.0 Å². The molecule has 0 aromatic heterocycles. The molecule has 142 valence electrons. The van der Waals surface area contributed by atoms with Crippen LogP contribution in [0.1, 0.15) is 40.5 Å². The Hall–Kier alpha value is -3.07. The van der Waals surface area contributed by atoms with Gasteiger partial charge in [0.05, 0.1) is 17.7 Å². The van der Waals surface area contributed by atoms with E-state index in [0.29, 0.717) is 12.2 Å². The molecule has 4 amide bonds. The van der Waals surface area contributed by atoms with Crippen molar-refractivity contribution in [3.8, 4) is 0 Å². The van der Waals surface area contributed by atoms with E-state index in [-0.39, 0.29) is 43.0 Å². The van der Waals surface area contributed by atoms with Crippen molar-refractivity contribution < 1.29 is 28.7 Å². The van der Waals surface area contributed by atoms with Crippen molar-refractivity contribution in [1.29, 1.82) is 0 Å². The summed E-state index contributed by atoms with van der Waals surface area (Å²) >= 11 is 0. The molecule has 0 aliphatic carbocycles. The topological polar surface area (TPSA) is 122 Å². The van der Waals surface area contributed by atoms with Crippen molar-refractivity contribution in [3.63, 3.8) is 0 Å². The highest BCUT2D eigenvalue weighted by molar-refractivity contribution is 6.25. The number of rotatable bonds is 7. The Morgan fingerprint density at radius 3 is 2.74 bits per heavy atom. The molecule has 9 heteroatoms. The van der Waals surface area contributed by atoms with E-state index in [1.807, 2.05) is 0 Å². The molecule has 1 aromatic rings. The molecule has 1 saturated heterocycles. The van der Waals surface area contributed by atoms with Crippen LogP contribution in [0.15, 0.2) is 18.2 Å². The van der Waals surface area contributed by atoms with E-state index in [0.717, 1.165) is 4.90 Å². The van der Waals surface area contributed by atoms with Crippen LogP contribution in [-0.4, -0.2) is 60.1 Å². The number of nitrogens with zero attached hydrogens (tertiary/aromatic N) is 1. The molecule has 2 heterocycles. The molecule has 1 unspecified atom stereocenters. The van der Waals surface area contributed by atoms with Gasteiger partial charge in [-0.2, -0.15) is 0 Å². The highest BCUT2D eigenvalue weighted by atomic mass is 16.5. The first-order chi connectivity index (χ1) is 12.9. The Morgan fingerprint density at radius 2 is 2.04 bits per heavy atom. The molecule has 1 atom stereocenters. The van der Waals surface area contributed by atoms with E-state index in [1.54, 1.807) is 12.1 Å². The van der Waals surface area contributed by atoms with Crippen LogP contribution in [0, 0.1) is 0 Å². The predicted octanol–water partition coefficient (Wildman–Crippen LogP) is 0.105. The van der Waals surface area contributed by atoms with Gasteiger partial charge in [0.2, 0.25) is 11.8 Å². The summed E-state index contributed by atoms with van der Waals surface area (Å²) in [7, 11) is 0. The first kappa shape index (κ1) is 18.7. The lowest BCUT2D eigenvalue weighted by molar-refractivity contribution is -0.136. The number of carbonyl (C=O) groups excluding carboxylic acids is 5. The Balaban J connectivity index is 1.75. The number of hydrogen-bond donors (Lipinski definition) is 2. The first-order valence-electron chi connectivity index (χ1n) is 8.55. The van der Waals surface area contributed by atoms with Gasteiger partial charge in [0.25, 0.3) is 11.8 Å². The molecule has 2 aliphatic heterocycles. The molecule has 3 rings (SSSR count). The Morgan fingerprint density at radius 1 is 1.26 bits per heavy atom. The molecule has 0 bridgehead atoms. The number of ether oxygens (including phenoxy) is 1. The van der Waals surface area contributed by atoms with E-state index in [4.69, 9.17) is 4.74 Å².